The molecule has 54 heavy (non-hydrogen) atoms. The first-order valence-electron chi connectivity index (χ1n) is 18.8. The van der Waals surface area contributed by atoms with Gasteiger partial charge in [0, 0.05) is 0 Å². The molecule has 0 spiro atoms. The molecule has 3 N–H and O–H groups in total. The van der Waals surface area contributed by atoms with E-state index in [1.54, 1.807) is 0 Å². The summed E-state index contributed by atoms with van der Waals surface area (Å²) in [7, 11) is 0. The third-order valence-electron chi connectivity index (χ3n) is 11.0. The first-order valence-corrected chi connectivity index (χ1v) is 18.8. The highest BCUT2D eigenvalue weighted by Gasteiger charge is 2.32. The van der Waals surface area contributed by atoms with Gasteiger partial charge in [-0.2, -0.15) is 0 Å². The molecule has 0 amide bonds. The Morgan fingerprint density at radius 3 is 1.54 bits per heavy atom. The summed E-state index contributed by atoms with van der Waals surface area (Å²) < 4.78 is 0. The van der Waals surface area contributed by atoms with Crippen molar-refractivity contribution in [3.63, 3.8) is 0 Å². The summed E-state index contributed by atoms with van der Waals surface area (Å²) in [4.78, 5) is 0. The van der Waals surface area contributed by atoms with Gasteiger partial charge in [0.05, 0.1) is 18.5 Å². The average molecular weight is 694 g/mol. The van der Waals surface area contributed by atoms with Crippen LogP contribution in [0.3, 0.4) is 0 Å². The van der Waals surface area contributed by atoms with Crippen LogP contribution in [0.2, 0.25) is 0 Å². The van der Waals surface area contributed by atoms with Crippen molar-refractivity contribution in [2.24, 2.45) is 0 Å². The Kier molecular flexibility index (Phi) is 8.31. The summed E-state index contributed by atoms with van der Waals surface area (Å²) in [6.45, 7) is 0. The molecule has 1 heterocycles. The van der Waals surface area contributed by atoms with Crippen LogP contribution in [-0.2, 0) is 0 Å². The van der Waals surface area contributed by atoms with E-state index in [0.717, 1.165) is 0 Å². The molecular weight excluding hydrogens is 655 g/mol. The van der Waals surface area contributed by atoms with Crippen molar-refractivity contribution in [2.75, 3.05) is 0 Å². The van der Waals surface area contributed by atoms with Crippen molar-refractivity contribution in [2.45, 2.75) is 18.5 Å². The molecule has 3 unspecified atom stereocenters. The number of rotatable bonds is 6. The Morgan fingerprint density at radius 1 is 0.296 bits per heavy atom. The molecule has 1 aliphatic heterocycles. The minimum absolute atomic E-state index is 0.129. The maximum absolute atomic E-state index is 4.05. The number of nitrogens with one attached hydrogen (secondary N) is 3. The van der Waals surface area contributed by atoms with Gasteiger partial charge in [0.2, 0.25) is 0 Å². The van der Waals surface area contributed by atoms with Crippen molar-refractivity contribution >= 4 is 32.3 Å². The monoisotopic (exact) mass is 693 g/mol. The van der Waals surface area contributed by atoms with Gasteiger partial charge in [0.1, 0.15) is 0 Å². The molecule has 3 heteroatoms. The number of hydrogen-bond donors (Lipinski definition) is 3. The summed E-state index contributed by atoms with van der Waals surface area (Å²) in [5, 5.41) is 19.6. The van der Waals surface area contributed by atoms with Crippen LogP contribution in [0.5, 0.6) is 0 Å². The summed E-state index contributed by atoms with van der Waals surface area (Å²) in [5.41, 5.74) is 10.9. The van der Waals surface area contributed by atoms with Crippen molar-refractivity contribution in [3.05, 3.63) is 217 Å². The van der Waals surface area contributed by atoms with E-state index < -0.39 is 0 Å². The van der Waals surface area contributed by atoms with E-state index in [2.05, 4.69) is 216 Å². The fraction of sp³-hybridized carbons (Fsp3) is 0.0588. The largest absolute Gasteiger partial charge is 0.279 e. The lowest BCUT2D eigenvalue weighted by Crippen LogP contribution is -2.54. The first-order chi connectivity index (χ1) is 26.8. The molecular formula is C51H39N3. The maximum atomic E-state index is 4.05. The van der Waals surface area contributed by atoms with E-state index >= 15 is 0 Å². The minimum Gasteiger partial charge on any atom is -0.279 e. The lowest BCUT2D eigenvalue weighted by Gasteiger charge is -2.41. The Bertz CT molecular complexity index is 2760. The Hall–Kier alpha value is -6.36. The Morgan fingerprint density at radius 2 is 0.815 bits per heavy atom. The topological polar surface area (TPSA) is 36.1 Å². The smallest absolute Gasteiger partial charge is 0.0870 e. The minimum atomic E-state index is -0.176. The summed E-state index contributed by atoms with van der Waals surface area (Å²) >= 11 is 0. The average Bonchev–Trinajstić information content (AvgIpc) is 3.26. The molecule has 0 radical (unpaired) electrons. The Balaban J connectivity index is 1.13. The van der Waals surface area contributed by atoms with Gasteiger partial charge in [-0.25, -0.2) is 0 Å². The normalized spacial score (nSPS) is 17.2. The maximum Gasteiger partial charge on any atom is 0.0870 e. The predicted molar refractivity (Wildman–Crippen MR) is 226 cm³/mol. The van der Waals surface area contributed by atoms with Crippen LogP contribution in [-0.4, -0.2) is 0 Å². The quantitative estimate of drug-likeness (QED) is 0.120. The SMILES string of the molecule is c1ccc(-c2ccc(C3NC(c4ccccc4-c4ccccc4)NC(c4ccccc4-c4c5ccccc5cc5c4ccc4ccccc45)N3)cc2)cc1. The second-order valence-electron chi connectivity index (χ2n) is 14.2. The molecule has 3 nitrogen and oxygen atoms in total. The van der Waals surface area contributed by atoms with E-state index in [1.165, 1.54) is 82.4 Å². The second-order valence-corrected chi connectivity index (χ2v) is 14.2. The molecule has 0 saturated carbocycles. The van der Waals surface area contributed by atoms with Gasteiger partial charge in [-0.15, -0.1) is 0 Å². The van der Waals surface area contributed by atoms with Crippen molar-refractivity contribution in [1.82, 2.24) is 16.0 Å². The van der Waals surface area contributed by atoms with Crippen LogP contribution in [0.25, 0.3) is 65.7 Å². The summed E-state index contributed by atoms with van der Waals surface area (Å²) in [6.07, 6.45) is -0.451. The van der Waals surface area contributed by atoms with Gasteiger partial charge in [-0.3, -0.25) is 16.0 Å². The van der Waals surface area contributed by atoms with Crippen LogP contribution in [0, 0.1) is 0 Å². The van der Waals surface area contributed by atoms with Crippen LogP contribution in [0.4, 0.5) is 0 Å². The van der Waals surface area contributed by atoms with Crippen LogP contribution < -0.4 is 16.0 Å². The highest BCUT2D eigenvalue weighted by Crippen LogP contribution is 2.43. The zero-order valence-corrected chi connectivity index (χ0v) is 29.8. The zero-order chi connectivity index (χ0) is 35.8. The fourth-order valence-corrected chi connectivity index (χ4v) is 8.41. The van der Waals surface area contributed by atoms with E-state index in [9.17, 15) is 0 Å². The molecule has 0 aromatic heterocycles. The van der Waals surface area contributed by atoms with Crippen molar-refractivity contribution in [1.29, 1.82) is 0 Å². The van der Waals surface area contributed by atoms with E-state index in [-0.39, 0.29) is 18.5 Å². The third-order valence-corrected chi connectivity index (χ3v) is 11.0. The predicted octanol–water partition coefficient (Wildman–Crippen LogP) is 12.3. The first kappa shape index (κ1) is 32.3. The van der Waals surface area contributed by atoms with Gasteiger partial charge in [-0.1, -0.05) is 194 Å². The number of benzene rings is 9. The molecule has 258 valence electrons. The van der Waals surface area contributed by atoms with Gasteiger partial charge in [-0.05, 0) is 88.5 Å². The van der Waals surface area contributed by atoms with Crippen LogP contribution in [0.15, 0.2) is 200 Å². The van der Waals surface area contributed by atoms with Crippen molar-refractivity contribution in [3.8, 4) is 33.4 Å². The molecule has 0 aliphatic carbocycles. The molecule has 9 aromatic carbocycles. The van der Waals surface area contributed by atoms with Gasteiger partial charge < -0.3 is 0 Å². The Labute approximate surface area is 316 Å². The highest BCUT2D eigenvalue weighted by atomic mass is 15.4. The number of fused-ring (bicyclic) bond motifs is 4. The molecule has 9 aromatic rings. The van der Waals surface area contributed by atoms with Gasteiger partial charge >= 0.3 is 0 Å². The fourth-order valence-electron chi connectivity index (χ4n) is 8.41. The third kappa shape index (κ3) is 5.85. The lowest BCUT2D eigenvalue weighted by molar-refractivity contribution is 0.204. The van der Waals surface area contributed by atoms with E-state index in [0.29, 0.717) is 0 Å². The standard InChI is InChI=1S/C51H39N3/c1-3-15-34(16-4-1)35-27-29-38(30-28-35)49-52-50(45-25-13-11-21-40(45)36-17-5-2-6-18-36)54-51(53-49)46-26-14-12-24-43(46)48-42-23-10-8-20-39(42)33-47-41-22-9-7-19-37(41)31-32-44(47)48/h1-33,49-54H. The second kappa shape index (κ2) is 13.9. The molecule has 0 bridgehead atoms. The van der Waals surface area contributed by atoms with E-state index in [1.807, 2.05) is 0 Å². The molecule has 1 saturated heterocycles. The summed E-state index contributed by atoms with van der Waals surface area (Å²) in [5.74, 6) is 0. The van der Waals surface area contributed by atoms with E-state index in [4.69, 9.17) is 0 Å². The zero-order valence-electron chi connectivity index (χ0n) is 29.8. The highest BCUT2D eigenvalue weighted by molar-refractivity contribution is 6.20. The van der Waals surface area contributed by atoms with Crippen molar-refractivity contribution < 1.29 is 0 Å². The lowest BCUT2D eigenvalue weighted by atomic mass is 9.87. The molecule has 1 aliphatic rings. The molecule has 3 atom stereocenters. The summed E-state index contributed by atoms with van der Waals surface area (Å²) in [6, 6.07) is 72.5. The molecule has 10 rings (SSSR count). The number of hydrogen-bond acceptors (Lipinski definition) is 3. The molecule has 1 fully saturated rings. The van der Waals surface area contributed by atoms with Crippen LogP contribution >= 0.6 is 0 Å². The van der Waals surface area contributed by atoms with Gasteiger partial charge in [0.25, 0.3) is 0 Å². The van der Waals surface area contributed by atoms with Gasteiger partial charge in [0.15, 0.2) is 0 Å². The van der Waals surface area contributed by atoms with Crippen LogP contribution in [0.1, 0.15) is 35.2 Å².